The van der Waals surface area contributed by atoms with E-state index in [0.717, 1.165) is 26.1 Å². The van der Waals surface area contributed by atoms with E-state index in [1.165, 1.54) is 16.9 Å². The van der Waals surface area contributed by atoms with E-state index in [9.17, 15) is 0 Å². The van der Waals surface area contributed by atoms with E-state index in [4.69, 9.17) is 9.26 Å². The molecule has 0 aromatic carbocycles. The van der Waals surface area contributed by atoms with Crippen LogP contribution in [0.15, 0.2) is 16.0 Å². The van der Waals surface area contributed by atoms with Gasteiger partial charge in [0.15, 0.2) is 0 Å². The molecule has 0 N–H and O–H groups in total. The monoisotopic (exact) mass is 319 g/mol. The van der Waals surface area contributed by atoms with Crippen LogP contribution in [-0.2, 0) is 11.3 Å². The molecule has 0 bridgehead atoms. The van der Waals surface area contributed by atoms with E-state index in [-0.39, 0.29) is 6.10 Å². The summed E-state index contributed by atoms with van der Waals surface area (Å²) in [4.78, 5) is 8.32. The largest absolute Gasteiger partial charge is 0.365 e. The van der Waals surface area contributed by atoms with Crippen LogP contribution in [-0.4, -0.2) is 34.2 Å². The Hall–Kier alpha value is -1.24. The van der Waals surface area contributed by atoms with Crippen molar-refractivity contribution in [2.24, 2.45) is 5.92 Å². The van der Waals surface area contributed by atoms with Gasteiger partial charge in [0.05, 0.1) is 6.10 Å². The second kappa shape index (κ2) is 5.76. The van der Waals surface area contributed by atoms with Crippen LogP contribution in [0.5, 0.6) is 0 Å². The molecule has 0 amide bonds. The molecule has 22 heavy (non-hydrogen) atoms. The fourth-order valence-electron chi connectivity index (χ4n) is 3.52. The summed E-state index contributed by atoms with van der Waals surface area (Å²) in [6.07, 6.45) is 2.53. The van der Waals surface area contributed by atoms with Crippen molar-refractivity contribution in [1.29, 1.82) is 0 Å². The van der Waals surface area contributed by atoms with Gasteiger partial charge < -0.3 is 9.26 Å². The average Bonchev–Trinajstić information content (AvgIpc) is 3.19. The molecule has 0 aliphatic carbocycles. The topological polar surface area (TPSA) is 51.4 Å². The van der Waals surface area contributed by atoms with Gasteiger partial charge in [-0.3, -0.25) is 4.90 Å². The summed E-state index contributed by atoms with van der Waals surface area (Å²) >= 11 is 1.85. The van der Waals surface area contributed by atoms with Crippen LogP contribution in [0.25, 0.3) is 0 Å². The van der Waals surface area contributed by atoms with E-state index in [1.54, 1.807) is 0 Å². The number of aryl methyl sites for hydroxylation is 2. The van der Waals surface area contributed by atoms with E-state index in [2.05, 4.69) is 33.4 Å². The lowest BCUT2D eigenvalue weighted by Crippen LogP contribution is -2.41. The molecule has 2 fully saturated rings. The molecule has 4 heterocycles. The van der Waals surface area contributed by atoms with E-state index >= 15 is 0 Å². The molecule has 4 rings (SSSR count). The fourth-order valence-corrected chi connectivity index (χ4v) is 4.47. The average molecular weight is 319 g/mol. The minimum absolute atomic E-state index is 0.0101. The van der Waals surface area contributed by atoms with Crippen molar-refractivity contribution in [3.8, 4) is 0 Å². The van der Waals surface area contributed by atoms with Gasteiger partial charge in [0, 0.05) is 24.9 Å². The quantitative estimate of drug-likeness (QED) is 0.870. The number of aromatic nitrogens is 2. The van der Waals surface area contributed by atoms with E-state index < -0.39 is 0 Å². The Morgan fingerprint density at radius 3 is 3.05 bits per heavy atom. The fraction of sp³-hybridized carbons (Fsp3) is 0.625. The maximum atomic E-state index is 6.22. The predicted molar refractivity (Wildman–Crippen MR) is 83.7 cm³/mol. The maximum Gasteiger partial charge on any atom is 0.223 e. The molecular weight excluding hydrogens is 298 g/mol. The summed E-state index contributed by atoms with van der Waals surface area (Å²) in [5.41, 5.74) is 1.40. The van der Waals surface area contributed by atoms with Crippen LogP contribution in [0.1, 0.15) is 41.1 Å². The third-order valence-electron chi connectivity index (χ3n) is 4.80. The molecule has 0 radical (unpaired) electrons. The minimum atomic E-state index is 0.0101. The first-order valence-corrected chi connectivity index (χ1v) is 8.78. The Morgan fingerprint density at radius 1 is 1.41 bits per heavy atom. The van der Waals surface area contributed by atoms with Crippen molar-refractivity contribution in [2.75, 3.05) is 13.1 Å². The highest BCUT2D eigenvalue weighted by Crippen LogP contribution is 2.40. The molecule has 2 aliphatic rings. The van der Waals surface area contributed by atoms with Gasteiger partial charge in [-0.1, -0.05) is 5.16 Å². The molecule has 2 aromatic heterocycles. The number of hydrogen-bond donors (Lipinski definition) is 0. The maximum absolute atomic E-state index is 6.22. The number of thiophene rings is 1. The van der Waals surface area contributed by atoms with Gasteiger partial charge in [-0.05, 0) is 49.2 Å². The zero-order chi connectivity index (χ0) is 15.1. The highest BCUT2D eigenvalue weighted by molar-refractivity contribution is 7.10. The van der Waals surface area contributed by atoms with Crippen molar-refractivity contribution in [1.82, 2.24) is 15.0 Å². The van der Waals surface area contributed by atoms with Gasteiger partial charge in [-0.15, -0.1) is 11.3 Å². The summed E-state index contributed by atoms with van der Waals surface area (Å²) < 4.78 is 11.3. The van der Waals surface area contributed by atoms with Crippen LogP contribution >= 0.6 is 11.3 Å². The lowest BCUT2D eigenvalue weighted by molar-refractivity contribution is -0.0124. The molecule has 0 unspecified atom stereocenters. The first kappa shape index (κ1) is 14.4. The van der Waals surface area contributed by atoms with E-state index in [1.807, 2.05) is 18.3 Å². The van der Waals surface area contributed by atoms with Crippen LogP contribution in [0.3, 0.4) is 0 Å². The van der Waals surface area contributed by atoms with Crippen molar-refractivity contribution >= 4 is 11.3 Å². The highest BCUT2D eigenvalue weighted by atomic mass is 32.1. The number of ether oxygens (including phenoxy) is 1. The number of fused-ring (bicyclic) bond motifs is 1. The Kier molecular flexibility index (Phi) is 3.76. The smallest absolute Gasteiger partial charge is 0.223 e. The predicted octanol–water partition coefficient (Wildman–Crippen LogP) is 3.10. The number of rotatable bonds is 3. The van der Waals surface area contributed by atoms with E-state index in [0.29, 0.717) is 23.7 Å². The Balaban J connectivity index is 1.40. The van der Waals surface area contributed by atoms with Crippen LogP contribution < -0.4 is 0 Å². The van der Waals surface area contributed by atoms with Gasteiger partial charge >= 0.3 is 0 Å². The number of nitrogens with zero attached hydrogens (tertiary/aromatic N) is 3. The minimum Gasteiger partial charge on any atom is -0.365 e. The van der Waals surface area contributed by atoms with Crippen LogP contribution in [0, 0.1) is 19.8 Å². The molecule has 2 aliphatic heterocycles. The lowest BCUT2D eigenvalue weighted by Gasteiger charge is -2.33. The number of piperidine rings is 1. The Morgan fingerprint density at radius 2 is 2.32 bits per heavy atom. The van der Waals surface area contributed by atoms with Gasteiger partial charge in [-0.25, -0.2) is 0 Å². The Labute approximate surface area is 134 Å². The summed E-state index contributed by atoms with van der Waals surface area (Å²) in [5.74, 6) is 1.96. The van der Waals surface area contributed by atoms with Crippen molar-refractivity contribution in [2.45, 2.75) is 45.4 Å². The first-order valence-electron chi connectivity index (χ1n) is 7.90. The summed E-state index contributed by atoms with van der Waals surface area (Å²) in [7, 11) is 0. The molecule has 6 heteroatoms. The molecule has 0 spiro atoms. The van der Waals surface area contributed by atoms with Crippen LogP contribution in [0.4, 0.5) is 0 Å². The normalized spacial score (nSPS) is 28.9. The molecule has 2 saturated heterocycles. The molecule has 5 nitrogen and oxygen atoms in total. The van der Waals surface area contributed by atoms with Crippen molar-refractivity contribution in [3.63, 3.8) is 0 Å². The zero-order valence-electron chi connectivity index (χ0n) is 13.0. The van der Waals surface area contributed by atoms with Gasteiger partial charge in [-0.2, -0.15) is 4.98 Å². The van der Waals surface area contributed by atoms with Crippen molar-refractivity contribution in [3.05, 3.63) is 33.6 Å². The lowest BCUT2D eigenvalue weighted by atomic mass is 9.91. The second-order valence-corrected chi connectivity index (χ2v) is 7.38. The van der Waals surface area contributed by atoms with Gasteiger partial charge in [0.1, 0.15) is 6.10 Å². The SMILES string of the molecule is Cc1nc([C@@H]2C[C@@H]3CCN(Cc4sccc4C)C[C@H]3O2)no1. The summed E-state index contributed by atoms with van der Waals surface area (Å²) in [6, 6.07) is 2.20. The molecule has 118 valence electrons. The Bertz CT molecular complexity index is 653. The number of likely N-dealkylation sites (tertiary alicyclic amines) is 1. The standard InChI is InChI=1S/C16H21N3O2S/c1-10-4-6-22-15(10)9-19-5-3-12-7-13(20-14(12)8-19)16-17-11(2)21-18-16/h4,6,12-14H,3,5,7-9H2,1-2H3/t12-,13-,14+/m0/s1. The summed E-state index contributed by atoms with van der Waals surface area (Å²) in [5, 5.41) is 6.20. The van der Waals surface area contributed by atoms with Gasteiger partial charge in [0.25, 0.3) is 0 Å². The van der Waals surface area contributed by atoms with Crippen molar-refractivity contribution < 1.29 is 9.26 Å². The molecular formula is C16H21N3O2S. The summed E-state index contributed by atoms with van der Waals surface area (Å²) in [6.45, 7) is 7.22. The third kappa shape index (κ3) is 2.71. The molecule has 0 saturated carbocycles. The zero-order valence-corrected chi connectivity index (χ0v) is 13.8. The highest BCUT2D eigenvalue weighted by Gasteiger charge is 2.41. The molecule has 3 atom stereocenters. The molecule has 2 aromatic rings. The first-order chi connectivity index (χ1) is 10.7. The second-order valence-electron chi connectivity index (χ2n) is 6.38. The third-order valence-corrected chi connectivity index (χ3v) is 5.81. The van der Waals surface area contributed by atoms with Crippen LogP contribution in [0.2, 0.25) is 0 Å². The number of hydrogen-bond acceptors (Lipinski definition) is 6. The van der Waals surface area contributed by atoms with Gasteiger partial charge in [0.2, 0.25) is 11.7 Å².